The fraction of sp³-hybridized carbons (Fsp3) is 0.500. The van der Waals surface area contributed by atoms with Crippen molar-refractivity contribution in [1.82, 2.24) is 9.88 Å². The molecule has 1 heterocycles. The normalized spacial score (nSPS) is 12.8. The molecule has 0 amide bonds. The molecule has 0 saturated heterocycles. The van der Waals surface area contributed by atoms with E-state index >= 15 is 0 Å². The molecule has 0 aliphatic heterocycles. The van der Waals surface area contributed by atoms with E-state index in [1.807, 2.05) is 14.1 Å². The predicted molar refractivity (Wildman–Crippen MR) is 70.0 cm³/mol. The summed E-state index contributed by atoms with van der Waals surface area (Å²) in [5, 5.41) is 11.5. The van der Waals surface area contributed by atoms with Crippen LogP contribution >= 0.6 is 0 Å². The molecule has 0 aromatic carbocycles. The molecule has 6 heteroatoms. The van der Waals surface area contributed by atoms with Gasteiger partial charge in [-0.25, -0.2) is 4.98 Å². The van der Waals surface area contributed by atoms with Crippen LogP contribution in [-0.2, 0) is 0 Å². The van der Waals surface area contributed by atoms with Gasteiger partial charge in [-0.05, 0) is 34.0 Å². The number of likely N-dealkylation sites (N-methyl/N-ethyl adjacent to an activating group) is 1. The number of nitrogens with two attached hydrogens (primary N) is 1. The summed E-state index contributed by atoms with van der Waals surface area (Å²) in [4.78, 5) is 6.22. The van der Waals surface area contributed by atoms with E-state index in [0.29, 0.717) is 18.2 Å². The van der Waals surface area contributed by atoms with Gasteiger partial charge in [0.2, 0.25) is 5.88 Å². The third kappa shape index (κ3) is 3.59. The van der Waals surface area contributed by atoms with Crippen molar-refractivity contribution in [3.8, 4) is 5.88 Å². The van der Waals surface area contributed by atoms with E-state index in [2.05, 4.69) is 28.9 Å². The fourth-order valence-corrected chi connectivity index (χ4v) is 1.07. The van der Waals surface area contributed by atoms with Gasteiger partial charge in [0.1, 0.15) is 12.3 Å². The number of hydrogen-bond acceptors (Lipinski definition) is 5. The molecule has 100 valence electrons. The second kappa shape index (κ2) is 5.68. The van der Waals surface area contributed by atoms with Crippen molar-refractivity contribution in [1.29, 1.82) is 0 Å². The number of rotatable bonds is 5. The van der Waals surface area contributed by atoms with Crippen molar-refractivity contribution >= 4 is 5.84 Å². The molecule has 0 fully saturated rings. The SMILES string of the molecule is CN(C)C(C)(C)COc1cccc(C(N)=NO)n1. The van der Waals surface area contributed by atoms with Crippen LogP contribution in [0.15, 0.2) is 23.4 Å². The molecule has 0 unspecified atom stereocenters. The molecular formula is C12H20N4O2. The molecule has 0 bridgehead atoms. The number of oxime groups is 1. The monoisotopic (exact) mass is 252 g/mol. The summed E-state index contributed by atoms with van der Waals surface area (Å²) < 4.78 is 5.62. The highest BCUT2D eigenvalue weighted by molar-refractivity contribution is 5.95. The first kappa shape index (κ1) is 14.2. The molecule has 18 heavy (non-hydrogen) atoms. The molecule has 1 aromatic heterocycles. The lowest BCUT2D eigenvalue weighted by molar-refractivity contribution is 0.111. The van der Waals surface area contributed by atoms with Crippen LogP contribution in [0.1, 0.15) is 19.5 Å². The Hall–Kier alpha value is -1.82. The van der Waals surface area contributed by atoms with E-state index in [4.69, 9.17) is 15.7 Å². The van der Waals surface area contributed by atoms with Gasteiger partial charge in [-0.15, -0.1) is 0 Å². The Kier molecular flexibility index (Phi) is 4.49. The van der Waals surface area contributed by atoms with Gasteiger partial charge in [-0.1, -0.05) is 11.2 Å². The largest absolute Gasteiger partial charge is 0.476 e. The molecule has 6 nitrogen and oxygen atoms in total. The molecule has 1 aromatic rings. The standard InChI is InChI=1S/C12H20N4O2/c1-12(2,16(3)4)8-18-10-7-5-6-9(14-10)11(13)15-17/h5-7,17H,8H2,1-4H3,(H2,13,15). The minimum atomic E-state index is -0.103. The van der Waals surface area contributed by atoms with E-state index in [0.717, 1.165) is 0 Å². The number of nitrogens with zero attached hydrogens (tertiary/aromatic N) is 3. The van der Waals surface area contributed by atoms with Crippen LogP contribution in [0.4, 0.5) is 0 Å². The summed E-state index contributed by atoms with van der Waals surface area (Å²) in [5.41, 5.74) is 5.75. The van der Waals surface area contributed by atoms with Crippen LogP contribution in [0, 0.1) is 0 Å². The quantitative estimate of drug-likeness (QED) is 0.352. The van der Waals surface area contributed by atoms with E-state index in [-0.39, 0.29) is 11.4 Å². The Morgan fingerprint density at radius 2 is 2.17 bits per heavy atom. The van der Waals surface area contributed by atoms with Gasteiger partial charge in [-0.2, -0.15) is 0 Å². The molecule has 3 N–H and O–H groups in total. The van der Waals surface area contributed by atoms with Crippen molar-refractivity contribution < 1.29 is 9.94 Å². The van der Waals surface area contributed by atoms with E-state index < -0.39 is 0 Å². The summed E-state index contributed by atoms with van der Waals surface area (Å²) in [6.07, 6.45) is 0. The minimum absolute atomic E-state index is 0.0349. The maximum Gasteiger partial charge on any atom is 0.213 e. The van der Waals surface area contributed by atoms with E-state index in [1.165, 1.54) is 0 Å². The molecule has 0 atom stereocenters. The van der Waals surface area contributed by atoms with E-state index in [1.54, 1.807) is 18.2 Å². The topological polar surface area (TPSA) is 84.0 Å². The summed E-state index contributed by atoms with van der Waals surface area (Å²) >= 11 is 0. The molecule has 1 rings (SSSR count). The number of pyridine rings is 1. The molecule has 0 saturated carbocycles. The first-order valence-electron chi connectivity index (χ1n) is 5.62. The number of amidine groups is 1. The van der Waals surface area contributed by atoms with Crippen molar-refractivity contribution in [2.45, 2.75) is 19.4 Å². The van der Waals surface area contributed by atoms with Crippen LogP contribution in [-0.4, -0.2) is 47.2 Å². The number of ether oxygens (including phenoxy) is 1. The summed E-state index contributed by atoms with van der Waals surface area (Å²) in [7, 11) is 3.98. The average molecular weight is 252 g/mol. The van der Waals surface area contributed by atoms with Crippen LogP contribution in [0.25, 0.3) is 0 Å². The smallest absolute Gasteiger partial charge is 0.213 e. The Morgan fingerprint density at radius 3 is 2.72 bits per heavy atom. The lowest BCUT2D eigenvalue weighted by atomic mass is 10.1. The third-order valence-electron chi connectivity index (χ3n) is 2.88. The minimum Gasteiger partial charge on any atom is -0.476 e. The number of hydrogen-bond donors (Lipinski definition) is 2. The predicted octanol–water partition coefficient (Wildman–Crippen LogP) is 0.895. The van der Waals surface area contributed by atoms with Gasteiger partial charge in [0, 0.05) is 11.6 Å². The van der Waals surface area contributed by atoms with Crippen LogP contribution in [0.3, 0.4) is 0 Å². The second-order valence-corrected chi connectivity index (χ2v) is 4.84. The Balaban J connectivity index is 2.75. The molecule has 0 radical (unpaired) electrons. The van der Waals surface area contributed by atoms with Crippen molar-refractivity contribution in [3.63, 3.8) is 0 Å². The van der Waals surface area contributed by atoms with Gasteiger partial charge in [0.15, 0.2) is 5.84 Å². The lowest BCUT2D eigenvalue weighted by Crippen LogP contribution is -2.43. The zero-order chi connectivity index (χ0) is 13.8. The first-order chi connectivity index (χ1) is 8.36. The van der Waals surface area contributed by atoms with Crippen molar-refractivity contribution in [2.24, 2.45) is 10.9 Å². The maximum absolute atomic E-state index is 8.59. The Labute approximate surface area is 107 Å². The summed E-state index contributed by atoms with van der Waals surface area (Å²) in [6, 6.07) is 5.14. The average Bonchev–Trinajstić information content (AvgIpc) is 2.35. The van der Waals surface area contributed by atoms with Crippen LogP contribution < -0.4 is 10.5 Å². The first-order valence-corrected chi connectivity index (χ1v) is 5.62. The fourth-order valence-electron chi connectivity index (χ4n) is 1.07. The second-order valence-electron chi connectivity index (χ2n) is 4.84. The van der Waals surface area contributed by atoms with Gasteiger partial charge in [0.25, 0.3) is 0 Å². The molecular weight excluding hydrogens is 232 g/mol. The highest BCUT2D eigenvalue weighted by Crippen LogP contribution is 2.14. The molecule has 0 spiro atoms. The van der Waals surface area contributed by atoms with Crippen LogP contribution in [0.2, 0.25) is 0 Å². The van der Waals surface area contributed by atoms with Crippen molar-refractivity contribution in [3.05, 3.63) is 23.9 Å². The zero-order valence-corrected chi connectivity index (χ0v) is 11.2. The maximum atomic E-state index is 8.59. The summed E-state index contributed by atoms with van der Waals surface area (Å²) in [5.74, 6) is 0.418. The summed E-state index contributed by atoms with van der Waals surface area (Å²) in [6.45, 7) is 4.63. The molecule has 0 aliphatic rings. The highest BCUT2D eigenvalue weighted by atomic mass is 16.5. The third-order valence-corrected chi connectivity index (χ3v) is 2.88. The zero-order valence-electron chi connectivity index (χ0n) is 11.2. The Bertz CT molecular complexity index is 430. The van der Waals surface area contributed by atoms with Crippen LogP contribution in [0.5, 0.6) is 5.88 Å². The van der Waals surface area contributed by atoms with Gasteiger partial charge < -0.3 is 20.6 Å². The lowest BCUT2D eigenvalue weighted by Gasteiger charge is -2.31. The highest BCUT2D eigenvalue weighted by Gasteiger charge is 2.21. The van der Waals surface area contributed by atoms with E-state index in [9.17, 15) is 0 Å². The van der Waals surface area contributed by atoms with Gasteiger partial charge in [0.05, 0.1) is 0 Å². The number of aromatic nitrogens is 1. The Morgan fingerprint density at radius 1 is 1.50 bits per heavy atom. The van der Waals surface area contributed by atoms with Gasteiger partial charge >= 0.3 is 0 Å². The van der Waals surface area contributed by atoms with Gasteiger partial charge in [-0.3, -0.25) is 0 Å². The van der Waals surface area contributed by atoms with Crippen molar-refractivity contribution in [2.75, 3.05) is 20.7 Å². The molecule has 0 aliphatic carbocycles.